The highest BCUT2D eigenvalue weighted by atomic mass is 15.5. The van der Waals surface area contributed by atoms with E-state index in [1.54, 1.807) is 18.5 Å². The van der Waals surface area contributed by atoms with Gasteiger partial charge in [0.15, 0.2) is 0 Å². The molecule has 1 heterocycles. The maximum atomic E-state index is 3.45. The SMILES string of the molecule is B.C1=CC2=CC=CC2=C1.C1=CNN=NN=C1. The molecule has 0 radical (unpaired) electrons. The monoisotopic (exact) mass is 212 g/mol. The molecule has 0 aromatic rings. The van der Waals surface area contributed by atoms with Gasteiger partial charge in [-0.25, -0.2) is 0 Å². The topological polar surface area (TPSA) is 49.1 Å². The summed E-state index contributed by atoms with van der Waals surface area (Å²) in [6, 6.07) is 0. The molecule has 80 valence electrons. The lowest BCUT2D eigenvalue weighted by molar-refractivity contribution is 0.834. The minimum absolute atomic E-state index is 0. The second kappa shape index (κ2) is 6.34. The largest absolute Gasteiger partial charge is 0.266 e. The molecule has 0 aromatic heterocycles. The fourth-order valence-electron chi connectivity index (χ4n) is 1.25. The average molecular weight is 212 g/mol. The van der Waals surface area contributed by atoms with Gasteiger partial charge in [0, 0.05) is 6.20 Å². The zero-order chi connectivity index (χ0) is 10.3. The zero-order valence-electron chi connectivity index (χ0n) is 8.04. The summed E-state index contributed by atoms with van der Waals surface area (Å²) in [5.74, 6) is 0. The lowest BCUT2D eigenvalue weighted by Gasteiger charge is -1.85. The molecule has 4 nitrogen and oxygen atoms in total. The molecule has 0 amide bonds. The van der Waals surface area contributed by atoms with E-state index in [1.807, 2.05) is 0 Å². The van der Waals surface area contributed by atoms with Crippen molar-refractivity contribution in [2.24, 2.45) is 15.5 Å². The number of nitrogens with zero attached hydrogens (tertiary/aromatic N) is 3. The summed E-state index contributed by atoms with van der Waals surface area (Å²) in [6.07, 6.45) is 17.5. The molecule has 3 aliphatic rings. The number of hydrogen-bond donors (Lipinski definition) is 1. The second-order valence-electron chi connectivity index (χ2n) is 2.90. The van der Waals surface area contributed by atoms with Crippen LogP contribution in [0, 0.1) is 0 Å². The fourth-order valence-corrected chi connectivity index (χ4v) is 1.25. The van der Waals surface area contributed by atoms with Crippen LogP contribution < -0.4 is 5.43 Å². The van der Waals surface area contributed by atoms with E-state index in [0.29, 0.717) is 0 Å². The highest BCUT2D eigenvalue weighted by Gasteiger charge is 2.04. The molecule has 1 aliphatic heterocycles. The van der Waals surface area contributed by atoms with Crippen molar-refractivity contribution in [3.63, 3.8) is 0 Å². The summed E-state index contributed by atoms with van der Waals surface area (Å²) in [6.45, 7) is 0. The Morgan fingerprint density at radius 3 is 2.31 bits per heavy atom. The van der Waals surface area contributed by atoms with E-state index >= 15 is 0 Å². The first-order chi connectivity index (χ1) is 7.47. The van der Waals surface area contributed by atoms with E-state index in [-0.39, 0.29) is 8.41 Å². The summed E-state index contributed by atoms with van der Waals surface area (Å²) in [5, 5.41) is 10.1. The third kappa shape index (κ3) is 3.20. The molecule has 2 aliphatic carbocycles. The normalized spacial score (nSPS) is 17.5. The number of fused-ring (bicyclic) bond motifs is 1. The summed E-state index contributed by atoms with van der Waals surface area (Å²) >= 11 is 0. The van der Waals surface area contributed by atoms with Gasteiger partial charge in [0.2, 0.25) is 0 Å². The van der Waals surface area contributed by atoms with E-state index in [0.717, 1.165) is 0 Å². The third-order valence-electron chi connectivity index (χ3n) is 1.91. The van der Waals surface area contributed by atoms with E-state index < -0.39 is 0 Å². The van der Waals surface area contributed by atoms with Crippen molar-refractivity contribution in [3.05, 3.63) is 59.9 Å². The van der Waals surface area contributed by atoms with Gasteiger partial charge in [-0.3, -0.25) is 5.43 Å². The highest BCUT2D eigenvalue weighted by Crippen LogP contribution is 2.23. The van der Waals surface area contributed by atoms with Gasteiger partial charge in [-0.2, -0.15) is 0 Å². The van der Waals surface area contributed by atoms with Crippen LogP contribution in [0.2, 0.25) is 0 Å². The summed E-state index contributed by atoms with van der Waals surface area (Å²) in [4.78, 5) is 0. The van der Waals surface area contributed by atoms with Crippen molar-refractivity contribution < 1.29 is 0 Å². The summed E-state index contributed by atoms with van der Waals surface area (Å²) in [5.41, 5.74) is 5.20. The molecule has 0 spiro atoms. The lowest BCUT2D eigenvalue weighted by Crippen LogP contribution is -1.87. The Morgan fingerprint density at radius 1 is 0.938 bits per heavy atom. The predicted octanol–water partition coefficient (Wildman–Crippen LogP) is 1.25. The Balaban J connectivity index is 0.000000152. The van der Waals surface area contributed by atoms with Gasteiger partial charge < -0.3 is 0 Å². The van der Waals surface area contributed by atoms with Crippen molar-refractivity contribution >= 4 is 14.6 Å². The first-order valence-electron chi connectivity index (χ1n) is 4.58. The van der Waals surface area contributed by atoms with E-state index in [4.69, 9.17) is 0 Å². The first-order valence-corrected chi connectivity index (χ1v) is 4.58. The van der Waals surface area contributed by atoms with Gasteiger partial charge in [-0.1, -0.05) is 36.5 Å². The molecule has 0 saturated heterocycles. The van der Waals surface area contributed by atoms with Crippen molar-refractivity contribution in [3.8, 4) is 0 Å². The van der Waals surface area contributed by atoms with Crippen LogP contribution in [0.3, 0.4) is 0 Å². The van der Waals surface area contributed by atoms with Crippen molar-refractivity contribution in [2.45, 2.75) is 0 Å². The van der Waals surface area contributed by atoms with Gasteiger partial charge in [-0.15, -0.1) is 5.10 Å². The molecule has 3 rings (SSSR count). The molecule has 0 bridgehead atoms. The average Bonchev–Trinajstić information content (AvgIpc) is 2.73. The van der Waals surface area contributed by atoms with Crippen molar-refractivity contribution in [1.82, 2.24) is 5.43 Å². The second-order valence-corrected chi connectivity index (χ2v) is 2.90. The third-order valence-corrected chi connectivity index (χ3v) is 1.91. The number of hydrogen-bond acceptors (Lipinski definition) is 4. The van der Waals surface area contributed by atoms with Crippen LogP contribution in [0.4, 0.5) is 0 Å². The quantitative estimate of drug-likeness (QED) is 0.603. The van der Waals surface area contributed by atoms with E-state index in [9.17, 15) is 0 Å². The number of allylic oxidation sites excluding steroid dienone is 9. The van der Waals surface area contributed by atoms with E-state index in [1.165, 1.54) is 11.1 Å². The van der Waals surface area contributed by atoms with Gasteiger partial charge in [0.05, 0.1) is 14.6 Å². The Kier molecular flexibility index (Phi) is 4.72. The Bertz CT molecular complexity index is 399. The van der Waals surface area contributed by atoms with Crippen molar-refractivity contribution in [1.29, 1.82) is 0 Å². The van der Waals surface area contributed by atoms with Crippen LogP contribution in [0.25, 0.3) is 0 Å². The van der Waals surface area contributed by atoms with Gasteiger partial charge in [-0.05, 0) is 27.7 Å². The van der Waals surface area contributed by atoms with Crippen LogP contribution in [-0.4, -0.2) is 14.6 Å². The van der Waals surface area contributed by atoms with Crippen LogP contribution in [-0.2, 0) is 0 Å². The summed E-state index contributed by atoms with van der Waals surface area (Å²) in [7, 11) is 0. The molecular weight excluding hydrogens is 199 g/mol. The molecule has 0 atom stereocenters. The number of rotatable bonds is 0. The molecule has 0 saturated carbocycles. The molecule has 0 fully saturated rings. The maximum Gasteiger partial charge on any atom is 0.0814 e. The Labute approximate surface area is 96.1 Å². The minimum atomic E-state index is 0. The highest BCUT2D eigenvalue weighted by molar-refractivity contribution is 5.75. The number of nitrogens with one attached hydrogen (secondary N) is 1. The molecule has 16 heavy (non-hydrogen) atoms. The molecule has 5 heteroatoms. The maximum absolute atomic E-state index is 3.45. The van der Waals surface area contributed by atoms with Crippen LogP contribution in [0.15, 0.2) is 75.4 Å². The van der Waals surface area contributed by atoms with Crippen molar-refractivity contribution in [2.75, 3.05) is 0 Å². The lowest BCUT2D eigenvalue weighted by atomic mass is 10.2. The van der Waals surface area contributed by atoms with Crippen LogP contribution >= 0.6 is 0 Å². The Hall–Kier alpha value is -2.17. The van der Waals surface area contributed by atoms with Gasteiger partial charge in [0.1, 0.15) is 0 Å². The van der Waals surface area contributed by atoms with Crippen LogP contribution in [0.5, 0.6) is 0 Å². The van der Waals surface area contributed by atoms with Crippen LogP contribution in [0.1, 0.15) is 0 Å². The molecule has 0 aromatic carbocycles. The molecular formula is C11H13BN4. The predicted molar refractivity (Wildman–Crippen MR) is 70.0 cm³/mol. The van der Waals surface area contributed by atoms with E-state index in [2.05, 4.69) is 57.4 Å². The smallest absolute Gasteiger partial charge is 0.0814 e. The van der Waals surface area contributed by atoms with Gasteiger partial charge >= 0.3 is 0 Å². The molecule has 0 unspecified atom stereocenters. The molecule has 1 N–H and O–H groups in total. The standard InChI is InChI=1S/C8H6.C3H4N4.BH3/c1-3-7-5-2-6-8(7)4-1;1-2-4-6-7-5-3-1;/h1-6H;1-3H,(H,4,7);1H3. The Morgan fingerprint density at radius 2 is 1.62 bits per heavy atom. The fraction of sp³-hybridized carbons (Fsp3) is 0. The summed E-state index contributed by atoms with van der Waals surface area (Å²) < 4.78 is 0. The van der Waals surface area contributed by atoms with Gasteiger partial charge in [0.25, 0.3) is 0 Å². The minimum Gasteiger partial charge on any atom is -0.266 e. The first kappa shape index (κ1) is 11.9. The zero-order valence-corrected chi connectivity index (χ0v) is 8.04.